The number of hydrogen-bond acceptors (Lipinski definition) is 4. The Morgan fingerprint density at radius 1 is 1.13 bits per heavy atom. The normalized spacial score (nSPS) is 15.4. The number of thiocarbonyl (C=S) groups is 1. The maximum atomic E-state index is 13.4. The molecular weight excluding hydrogens is 417 g/mol. The molecule has 30 heavy (non-hydrogen) atoms. The number of para-hydroxylation sites is 1. The van der Waals surface area contributed by atoms with Gasteiger partial charge in [0.05, 0.1) is 16.3 Å². The van der Waals surface area contributed by atoms with Gasteiger partial charge in [-0.05, 0) is 48.9 Å². The molecule has 2 aromatic carbocycles. The summed E-state index contributed by atoms with van der Waals surface area (Å²) >= 11 is 6.72. The zero-order chi connectivity index (χ0) is 21.1. The summed E-state index contributed by atoms with van der Waals surface area (Å²) in [5, 5.41) is 4.72. The van der Waals surface area contributed by atoms with Gasteiger partial charge >= 0.3 is 0 Å². The molecule has 0 spiro atoms. The molecule has 0 N–H and O–H groups in total. The molecule has 3 aromatic rings. The van der Waals surface area contributed by atoms with E-state index in [1.54, 1.807) is 21.7 Å². The Balaban J connectivity index is 1.76. The fourth-order valence-electron chi connectivity index (χ4n) is 3.19. The predicted octanol–water partition coefficient (Wildman–Crippen LogP) is 5.68. The van der Waals surface area contributed by atoms with Crippen LogP contribution >= 0.6 is 24.0 Å². The largest absolute Gasteiger partial charge is 0.293 e. The molecule has 1 aliphatic rings. The summed E-state index contributed by atoms with van der Waals surface area (Å²) in [6.07, 6.45) is 5.62. The standard InChI is InChI=1S/C23H20FN3OS2/c1-2-3-13-26-22(28)20(30-23(26)29)14-17-15-27(19-7-5-4-6-8-19)25-21(17)16-9-11-18(24)12-10-16/h4-12,14-15H,2-3,13H2,1H3. The average molecular weight is 438 g/mol. The minimum atomic E-state index is -0.306. The van der Waals surface area contributed by atoms with Gasteiger partial charge in [-0.2, -0.15) is 5.10 Å². The molecule has 1 amide bonds. The molecule has 4 nitrogen and oxygen atoms in total. The van der Waals surface area contributed by atoms with E-state index in [2.05, 4.69) is 6.92 Å². The summed E-state index contributed by atoms with van der Waals surface area (Å²) in [6.45, 7) is 2.72. The minimum absolute atomic E-state index is 0.0732. The van der Waals surface area contributed by atoms with Crippen molar-refractivity contribution >= 4 is 40.3 Å². The van der Waals surface area contributed by atoms with E-state index in [4.69, 9.17) is 17.3 Å². The summed E-state index contributed by atoms with van der Waals surface area (Å²) in [6, 6.07) is 15.9. The molecule has 1 aromatic heterocycles. The number of rotatable bonds is 6. The number of carbonyl (C=O) groups excluding carboxylic acids is 1. The highest BCUT2D eigenvalue weighted by atomic mass is 32.2. The van der Waals surface area contributed by atoms with Gasteiger partial charge in [-0.3, -0.25) is 9.69 Å². The third kappa shape index (κ3) is 4.22. The Labute approximate surface area is 184 Å². The summed E-state index contributed by atoms with van der Waals surface area (Å²) in [7, 11) is 0. The van der Waals surface area contributed by atoms with E-state index in [0.29, 0.717) is 21.5 Å². The zero-order valence-corrected chi connectivity index (χ0v) is 18.0. The van der Waals surface area contributed by atoms with Gasteiger partial charge in [0.15, 0.2) is 0 Å². The summed E-state index contributed by atoms with van der Waals surface area (Å²) < 4.78 is 15.8. The Kier molecular flexibility index (Phi) is 6.11. The first-order chi connectivity index (χ1) is 14.6. The van der Waals surface area contributed by atoms with Crippen molar-refractivity contribution in [3.05, 3.63) is 77.1 Å². The van der Waals surface area contributed by atoms with Crippen LogP contribution in [-0.2, 0) is 4.79 Å². The summed E-state index contributed by atoms with van der Waals surface area (Å²) in [5.74, 6) is -0.379. The Bertz CT molecular complexity index is 1110. The third-order valence-electron chi connectivity index (χ3n) is 4.78. The van der Waals surface area contributed by atoms with E-state index in [1.165, 1.54) is 23.9 Å². The minimum Gasteiger partial charge on any atom is -0.293 e. The SMILES string of the molecule is CCCCN1C(=O)C(=Cc2cn(-c3ccccc3)nc2-c2ccc(F)cc2)SC1=S. The van der Waals surface area contributed by atoms with Crippen LogP contribution in [0.25, 0.3) is 23.0 Å². The highest BCUT2D eigenvalue weighted by Gasteiger charge is 2.31. The molecule has 1 saturated heterocycles. The van der Waals surface area contributed by atoms with Crippen LogP contribution in [0.1, 0.15) is 25.3 Å². The molecule has 1 aliphatic heterocycles. The van der Waals surface area contributed by atoms with Crippen LogP contribution in [0.2, 0.25) is 0 Å². The van der Waals surface area contributed by atoms with Gasteiger partial charge in [-0.25, -0.2) is 9.07 Å². The van der Waals surface area contributed by atoms with Crippen LogP contribution < -0.4 is 0 Å². The molecule has 0 aliphatic carbocycles. The molecule has 0 atom stereocenters. The van der Waals surface area contributed by atoms with Crippen molar-refractivity contribution < 1.29 is 9.18 Å². The Morgan fingerprint density at radius 2 is 1.87 bits per heavy atom. The number of benzene rings is 2. The predicted molar refractivity (Wildman–Crippen MR) is 124 cm³/mol. The number of hydrogen-bond donors (Lipinski definition) is 0. The summed E-state index contributed by atoms with van der Waals surface area (Å²) in [4.78, 5) is 15.1. The molecule has 2 heterocycles. The van der Waals surface area contributed by atoms with E-state index >= 15 is 0 Å². The van der Waals surface area contributed by atoms with Gasteiger partial charge < -0.3 is 0 Å². The topological polar surface area (TPSA) is 38.1 Å². The van der Waals surface area contributed by atoms with E-state index in [-0.39, 0.29) is 11.7 Å². The molecule has 0 bridgehead atoms. The number of carbonyl (C=O) groups is 1. The van der Waals surface area contributed by atoms with Crippen LogP contribution in [0.5, 0.6) is 0 Å². The lowest BCUT2D eigenvalue weighted by atomic mass is 10.1. The van der Waals surface area contributed by atoms with E-state index in [1.807, 2.05) is 42.6 Å². The van der Waals surface area contributed by atoms with Crippen LogP contribution in [0, 0.1) is 5.82 Å². The second-order valence-electron chi connectivity index (χ2n) is 6.91. The smallest absolute Gasteiger partial charge is 0.266 e. The highest BCUT2D eigenvalue weighted by Crippen LogP contribution is 2.35. The maximum Gasteiger partial charge on any atom is 0.266 e. The van der Waals surface area contributed by atoms with Crippen molar-refractivity contribution in [2.75, 3.05) is 6.54 Å². The lowest BCUT2D eigenvalue weighted by Crippen LogP contribution is -2.28. The maximum absolute atomic E-state index is 13.4. The number of halogens is 1. The van der Waals surface area contributed by atoms with Crippen LogP contribution in [0.4, 0.5) is 4.39 Å². The van der Waals surface area contributed by atoms with Crippen molar-refractivity contribution in [1.82, 2.24) is 14.7 Å². The van der Waals surface area contributed by atoms with E-state index in [9.17, 15) is 9.18 Å². The van der Waals surface area contributed by atoms with Crippen molar-refractivity contribution in [2.45, 2.75) is 19.8 Å². The first kappa shape index (κ1) is 20.5. The van der Waals surface area contributed by atoms with Gasteiger partial charge in [-0.1, -0.05) is 55.5 Å². The Hall–Kier alpha value is -2.77. The first-order valence-corrected chi connectivity index (χ1v) is 11.0. The Morgan fingerprint density at radius 3 is 2.57 bits per heavy atom. The van der Waals surface area contributed by atoms with Crippen molar-refractivity contribution in [2.24, 2.45) is 0 Å². The first-order valence-electron chi connectivity index (χ1n) is 9.73. The number of unbranched alkanes of at least 4 members (excludes halogenated alkanes) is 1. The summed E-state index contributed by atoms with van der Waals surface area (Å²) in [5.41, 5.74) is 3.13. The fourth-order valence-corrected chi connectivity index (χ4v) is 4.49. The highest BCUT2D eigenvalue weighted by molar-refractivity contribution is 8.26. The molecular formula is C23H20FN3OS2. The molecule has 152 valence electrons. The van der Waals surface area contributed by atoms with E-state index in [0.717, 1.165) is 29.7 Å². The van der Waals surface area contributed by atoms with Gasteiger partial charge in [0.2, 0.25) is 0 Å². The number of aromatic nitrogens is 2. The van der Waals surface area contributed by atoms with Gasteiger partial charge in [0.1, 0.15) is 10.1 Å². The monoisotopic (exact) mass is 437 g/mol. The quantitative estimate of drug-likeness (QED) is 0.367. The average Bonchev–Trinajstić information content (AvgIpc) is 3.29. The van der Waals surface area contributed by atoms with Crippen molar-refractivity contribution in [3.63, 3.8) is 0 Å². The fraction of sp³-hybridized carbons (Fsp3) is 0.174. The number of nitrogens with zero attached hydrogens (tertiary/aromatic N) is 3. The van der Waals surface area contributed by atoms with Gasteiger partial charge in [0, 0.05) is 23.9 Å². The van der Waals surface area contributed by atoms with E-state index < -0.39 is 0 Å². The van der Waals surface area contributed by atoms with Crippen molar-refractivity contribution in [1.29, 1.82) is 0 Å². The molecule has 0 radical (unpaired) electrons. The molecule has 7 heteroatoms. The van der Waals surface area contributed by atoms with Crippen LogP contribution in [0.3, 0.4) is 0 Å². The van der Waals surface area contributed by atoms with Gasteiger partial charge in [-0.15, -0.1) is 0 Å². The van der Waals surface area contributed by atoms with Crippen molar-refractivity contribution in [3.8, 4) is 16.9 Å². The molecule has 1 fully saturated rings. The lowest BCUT2D eigenvalue weighted by molar-refractivity contribution is -0.122. The number of thioether (sulfide) groups is 1. The molecule has 0 saturated carbocycles. The zero-order valence-electron chi connectivity index (χ0n) is 16.4. The lowest BCUT2D eigenvalue weighted by Gasteiger charge is -2.12. The second-order valence-corrected chi connectivity index (χ2v) is 8.58. The molecule has 4 rings (SSSR count). The van der Waals surface area contributed by atoms with Crippen LogP contribution in [0.15, 0.2) is 65.7 Å². The molecule has 0 unspecified atom stereocenters. The number of amides is 1. The van der Waals surface area contributed by atoms with Gasteiger partial charge in [0.25, 0.3) is 5.91 Å². The second kappa shape index (κ2) is 8.93. The van der Waals surface area contributed by atoms with Crippen LogP contribution in [-0.4, -0.2) is 31.5 Å². The third-order valence-corrected chi connectivity index (χ3v) is 6.15.